The Kier molecular flexibility index (Phi) is 4.01. The number of halogens is 3. The lowest BCUT2D eigenvalue weighted by molar-refractivity contribution is -0.274. The van der Waals surface area contributed by atoms with Crippen LogP contribution in [0.4, 0.5) is 19.0 Å². The summed E-state index contributed by atoms with van der Waals surface area (Å²) >= 11 is 0. The van der Waals surface area contributed by atoms with E-state index in [9.17, 15) is 18.0 Å². The van der Waals surface area contributed by atoms with Gasteiger partial charge in [-0.2, -0.15) is 5.10 Å². The van der Waals surface area contributed by atoms with E-state index in [0.29, 0.717) is 0 Å². The summed E-state index contributed by atoms with van der Waals surface area (Å²) in [6.45, 7) is -0.135. The van der Waals surface area contributed by atoms with Crippen LogP contribution >= 0.6 is 0 Å². The van der Waals surface area contributed by atoms with Crippen molar-refractivity contribution in [2.45, 2.75) is 12.9 Å². The highest BCUT2D eigenvalue weighted by Crippen LogP contribution is 2.26. The van der Waals surface area contributed by atoms with E-state index in [4.69, 9.17) is 5.73 Å². The van der Waals surface area contributed by atoms with Crippen molar-refractivity contribution in [2.75, 3.05) is 5.73 Å². The quantitative estimate of drug-likeness (QED) is 0.803. The number of nitrogens with zero attached hydrogens (tertiary/aromatic N) is 1. The smallest absolute Gasteiger partial charge is 0.405 e. The number of aromatic nitrogens is 2. The van der Waals surface area contributed by atoms with Crippen LogP contribution in [0.1, 0.15) is 16.1 Å². The Balaban J connectivity index is 2.05. The predicted octanol–water partition coefficient (Wildman–Crippen LogP) is 1.82. The number of ether oxygens (including phenoxy) is 1. The highest BCUT2D eigenvalue weighted by Gasteiger charge is 2.31. The number of para-hydroxylation sites is 1. The molecule has 0 bridgehead atoms. The summed E-state index contributed by atoms with van der Waals surface area (Å²) < 4.78 is 40.6. The van der Waals surface area contributed by atoms with Gasteiger partial charge in [-0.25, -0.2) is 0 Å². The molecule has 9 heteroatoms. The lowest BCUT2D eigenvalue weighted by Gasteiger charge is -2.13. The molecule has 4 N–H and O–H groups in total. The Morgan fingerprint density at radius 2 is 2.10 bits per heavy atom. The van der Waals surface area contributed by atoms with Gasteiger partial charge in [0.15, 0.2) is 0 Å². The van der Waals surface area contributed by atoms with Crippen LogP contribution in [0.2, 0.25) is 0 Å². The van der Waals surface area contributed by atoms with Gasteiger partial charge >= 0.3 is 6.36 Å². The summed E-state index contributed by atoms with van der Waals surface area (Å²) in [6, 6.07) is 6.85. The van der Waals surface area contributed by atoms with Crippen molar-refractivity contribution in [1.82, 2.24) is 15.5 Å². The number of nitrogens with two attached hydrogens (primary N) is 1. The number of rotatable bonds is 4. The third-order valence-electron chi connectivity index (χ3n) is 2.48. The van der Waals surface area contributed by atoms with Crippen molar-refractivity contribution in [3.05, 3.63) is 41.6 Å². The first-order valence-corrected chi connectivity index (χ1v) is 5.78. The van der Waals surface area contributed by atoms with Gasteiger partial charge in [-0.15, -0.1) is 13.2 Å². The summed E-state index contributed by atoms with van der Waals surface area (Å²) in [5.74, 6) is -0.767. The minimum Gasteiger partial charge on any atom is -0.405 e. The van der Waals surface area contributed by atoms with E-state index in [0.717, 1.165) is 0 Å². The minimum atomic E-state index is -4.79. The number of amides is 1. The van der Waals surface area contributed by atoms with Crippen molar-refractivity contribution in [3.8, 4) is 5.75 Å². The molecular weight excluding hydrogens is 289 g/mol. The molecule has 0 aliphatic heterocycles. The molecule has 6 nitrogen and oxygen atoms in total. The van der Waals surface area contributed by atoms with E-state index in [-0.39, 0.29) is 29.4 Å². The van der Waals surface area contributed by atoms with Gasteiger partial charge in [-0.1, -0.05) is 18.2 Å². The Bertz CT molecular complexity index is 639. The van der Waals surface area contributed by atoms with Crippen molar-refractivity contribution in [3.63, 3.8) is 0 Å². The number of benzene rings is 1. The summed E-state index contributed by atoms with van der Waals surface area (Å²) in [7, 11) is 0. The maximum atomic E-state index is 12.3. The second kappa shape index (κ2) is 5.73. The van der Waals surface area contributed by atoms with Crippen LogP contribution in [0.5, 0.6) is 5.75 Å². The molecule has 1 aromatic heterocycles. The fourth-order valence-corrected chi connectivity index (χ4v) is 1.60. The number of hydrogen-bond acceptors (Lipinski definition) is 4. The zero-order valence-electron chi connectivity index (χ0n) is 10.6. The first-order chi connectivity index (χ1) is 9.85. The first-order valence-electron chi connectivity index (χ1n) is 5.78. The number of carbonyl (C=O) groups is 1. The average Bonchev–Trinajstić information content (AvgIpc) is 2.82. The first kappa shape index (κ1) is 14.7. The molecular formula is C12H11F3N4O2. The molecule has 21 heavy (non-hydrogen) atoms. The number of aromatic amines is 1. The summed E-state index contributed by atoms with van der Waals surface area (Å²) in [4.78, 5) is 11.7. The number of alkyl halides is 3. The molecule has 0 radical (unpaired) electrons. The van der Waals surface area contributed by atoms with E-state index in [1.54, 1.807) is 6.07 Å². The van der Waals surface area contributed by atoms with Crippen molar-refractivity contribution >= 4 is 11.7 Å². The lowest BCUT2D eigenvalue weighted by atomic mass is 10.2. The van der Waals surface area contributed by atoms with Gasteiger partial charge in [-0.3, -0.25) is 9.89 Å². The Morgan fingerprint density at radius 3 is 2.71 bits per heavy atom. The van der Waals surface area contributed by atoms with Gasteiger partial charge in [-0.05, 0) is 6.07 Å². The monoisotopic (exact) mass is 300 g/mol. The number of H-pyrrole nitrogens is 1. The zero-order valence-corrected chi connectivity index (χ0v) is 10.6. The molecule has 0 aliphatic carbocycles. The zero-order chi connectivity index (χ0) is 15.5. The molecule has 2 aromatic rings. The third-order valence-corrected chi connectivity index (χ3v) is 2.48. The van der Waals surface area contributed by atoms with Gasteiger partial charge in [0.25, 0.3) is 5.91 Å². The standard InChI is InChI=1S/C12H11F3N4O2/c13-12(14,15)21-9-4-2-1-3-7(9)6-17-11(20)8-5-10(16)19-18-8/h1-5H,6H2,(H,17,20)(H3,16,18,19). The fraction of sp³-hybridized carbons (Fsp3) is 0.167. The lowest BCUT2D eigenvalue weighted by Crippen LogP contribution is -2.24. The van der Waals surface area contributed by atoms with Crippen LogP contribution in [0, 0.1) is 0 Å². The predicted molar refractivity (Wildman–Crippen MR) is 67.3 cm³/mol. The molecule has 0 saturated carbocycles. The van der Waals surface area contributed by atoms with E-state index in [2.05, 4.69) is 20.3 Å². The molecule has 1 heterocycles. The molecule has 1 amide bonds. The second-order valence-corrected chi connectivity index (χ2v) is 4.04. The highest BCUT2D eigenvalue weighted by atomic mass is 19.4. The number of nitrogens with one attached hydrogen (secondary N) is 2. The maximum absolute atomic E-state index is 12.3. The number of anilines is 1. The fourth-order valence-electron chi connectivity index (χ4n) is 1.60. The Hall–Kier alpha value is -2.71. The van der Waals surface area contributed by atoms with Crippen molar-refractivity contribution in [2.24, 2.45) is 0 Å². The van der Waals surface area contributed by atoms with Gasteiger partial charge < -0.3 is 15.8 Å². The van der Waals surface area contributed by atoms with E-state index in [1.807, 2.05) is 0 Å². The topological polar surface area (TPSA) is 93.0 Å². The van der Waals surface area contributed by atoms with E-state index < -0.39 is 12.3 Å². The van der Waals surface area contributed by atoms with Crippen LogP contribution in [-0.2, 0) is 6.54 Å². The van der Waals surface area contributed by atoms with Crippen molar-refractivity contribution in [1.29, 1.82) is 0 Å². The SMILES string of the molecule is Nc1cc(C(=O)NCc2ccccc2OC(F)(F)F)[nH]n1. The normalized spacial score (nSPS) is 11.2. The maximum Gasteiger partial charge on any atom is 0.573 e. The largest absolute Gasteiger partial charge is 0.573 e. The number of carbonyl (C=O) groups excluding carboxylic acids is 1. The summed E-state index contributed by atoms with van der Waals surface area (Å²) in [6.07, 6.45) is -4.79. The summed E-state index contributed by atoms with van der Waals surface area (Å²) in [5, 5.41) is 8.41. The van der Waals surface area contributed by atoms with Crippen LogP contribution in [0.15, 0.2) is 30.3 Å². The van der Waals surface area contributed by atoms with Crippen LogP contribution in [0.25, 0.3) is 0 Å². The van der Waals surface area contributed by atoms with Crippen LogP contribution in [-0.4, -0.2) is 22.5 Å². The molecule has 0 unspecified atom stereocenters. The molecule has 112 valence electrons. The summed E-state index contributed by atoms with van der Waals surface area (Å²) in [5.41, 5.74) is 5.65. The average molecular weight is 300 g/mol. The molecule has 0 aliphatic rings. The Labute approximate surface area is 117 Å². The Morgan fingerprint density at radius 1 is 1.38 bits per heavy atom. The van der Waals surface area contributed by atoms with Gasteiger partial charge in [0, 0.05) is 18.2 Å². The van der Waals surface area contributed by atoms with Crippen LogP contribution < -0.4 is 15.8 Å². The molecule has 1 aromatic carbocycles. The minimum absolute atomic E-state index is 0.113. The molecule has 0 spiro atoms. The molecule has 0 fully saturated rings. The van der Waals surface area contributed by atoms with Gasteiger partial charge in [0.1, 0.15) is 17.3 Å². The van der Waals surface area contributed by atoms with Gasteiger partial charge in [0.2, 0.25) is 0 Å². The van der Waals surface area contributed by atoms with Crippen molar-refractivity contribution < 1.29 is 22.7 Å². The van der Waals surface area contributed by atoms with Gasteiger partial charge in [0.05, 0.1) is 0 Å². The molecule has 2 rings (SSSR count). The van der Waals surface area contributed by atoms with E-state index >= 15 is 0 Å². The van der Waals surface area contributed by atoms with Crippen LogP contribution in [0.3, 0.4) is 0 Å². The third kappa shape index (κ3) is 4.13. The molecule has 0 saturated heterocycles. The highest BCUT2D eigenvalue weighted by molar-refractivity contribution is 5.92. The second-order valence-electron chi connectivity index (χ2n) is 4.04. The number of nitrogen functional groups attached to an aromatic ring is 1. The molecule has 0 atom stereocenters. The number of hydrogen-bond donors (Lipinski definition) is 3. The van der Waals surface area contributed by atoms with E-state index in [1.165, 1.54) is 24.3 Å².